The molecule has 0 saturated carbocycles. The molecule has 0 aromatic heterocycles. The first kappa shape index (κ1) is 17.4. The third kappa shape index (κ3) is 3.47. The Balaban J connectivity index is 1.53. The van der Waals surface area contributed by atoms with Gasteiger partial charge in [0.1, 0.15) is 5.75 Å². The van der Waals surface area contributed by atoms with E-state index in [1.807, 2.05) is 42.2 Å². The van der Waals surface area contributed by atoms with Gasteiger partial charge in [-0.2, -0.15) is 0 Å². The summed E-state index contributed by atoms with van der Waals surface area (Å²) in [4.78, 5) is 28.5. The number of urea groups is 1. The number of benzene rings is 2. The molecule has 0 spiro atoms. The number of anilines is 1. The van der Waals surface area contributed by atoms with Crippen LogP contribution in [0.15, 0.2) is 42.5 Å². The van der Waals surface area contributed by atoms with Crippen LogP contribution in [-0.4, -0.2) is 43.1 Å². The molecule has 27 heavy (non-hydrogen) atoms. The number of ether oxygens (including phenoxy) is 1. The summed E-state index contributed by atoms with van der Waals surface area (Å²) in [6.45, 7) is 5.09. The van der Waals surface area contributed by atoms with Crippen LogP contribution in [0.4, 0.5) is 10.5 Å². The molecule has 4 rings (SSSR count). The zero-order chi connectivity index (χ0) is 18.8. The average molecular weight is 365 g/mol. The fourth-order valence-electron chi connectivity index (χ4n) is 3.67. The second-order valence-electron chi connectivity index (χ2n) is 6.77. The Morgan fingerprint density at radius 3 is 2.81 bits per heavy atom. The zero-order valence-electron chi connectivity index (χ0n) is 15.4. The Hall–Kier alpha value is -3.02. The first-order chi connectivity index (χ1) is 13.2. The maximum Gasteiger partial charge on any atom is 0.321 e. The van der Waals surface area contributed by atoms with Crippen molar-refractivity contribution in [3.63, 3.8) is 0 Å². The largest absolute Gasteiger partial charge is 0.494 e. The van der Waals surface area contributed by atoms with E-state index >= 15 is 0 Å². The van der Waals surface area contributed by atoms with Gasteiger partial charge in [-0.05, 0) is 54.8 Å². The van der Waals surface area contributed by atoms with Gasteiger partial charge in [-0.25, -0.2) is 4.79 Å². The molecule has 2 aliphatic heterocycles. The molecule has 1 N–H and O–H groups in total. The number of carbonyl (C=O) groups is 2. The van der Waals surface area contributed by atoms with Gasteiger partial charge in [-0.1, -0.05) is 12.1 Å². The number of carbonyl (C=O) groups excluding carboxylic acids is 2. The number of rotatable bonds is 4. The van der Waals surface area contributed by atoms with Crippen molar-refractivity contribution in [2.24, 2.45) is 0 Å². The molecule has 140 valence electrons. The van der Waals surface area contributed by atoms with Crippen LogP contribution in [0.25, 0.3) is 0 Å². The van der Waals surface area contributed by atoms with Crippen LogP contribution in [-0.2, 0) is 13.0 Å². The Bertz CT molecular complexity index is 881. The number of fused-ring (bicyclic) bond motifs is 1. The molecule has 0 unspecified atom stereocenters. The quantitative estimate of drug-likeness (QED) is 0.906. The van der Waals surface area contributed by atoms with E-state index in [1.165, 1.54) is 5.56 Å². The van der Waals surface area contributed by atoms with Crippen LogP contribution >= 0.6 is 0 Å². The first-order valence-corrected chi connectivity index (χ1v) is 9.35. The van der Waals surface area contributed by atoms with Crippen LogP contribution in [0.3, 0.4) is 0 Å². The summed E-state index contributed by atoms with van der Waals surface area (Å²) in [6, 6.07) is 13.3. The lowest BCUT2D eigenvalue weighted by molar-refractivity contribution is 0.0734. The van der Waals surface area contributed by atoms with Crippen molar-refractivity contribution in [3.8, 4) is 5.75 Å². The number of nitrogens with one attached hydrogen (secondary N) is 1. The van der Waals surface area contributed by atoms with E-state index in [2.05, 4.69) is 11.4 Å². The maximum absolute atomic E-state index is 13.0. The number of nitrogens with zero attached hydrogens (tertiary/aromatic N) is 2. The Morgan fingerprint density at radius 1 is 1.15 bits per heavy atom. The SMILES string of the molecule is CCOc1ccc2c(c1)CN(C(=O)c1cccc(N3CCNC3=O)c1)CC2. The molecule has 3 amide bonds. The van der Waals surface area contributed by atoms with Gasteiger partial charge in [0.15, 0.2) is 0 Å². The summed E-state index contributed by atoms with van der Waals surface area (Å²) >= 11 is 0. The monoisotopic (exact) mass is 365 g/mol. The van der Waals surface area contributed by atoms with Crippen molar-refractivity contribution in [2.45, 2.75) is 19.9 Å². The summed E-state index contributed by atoms with van der Waals surface area (Å²) in [6.07, 6.45) is 0.835. The van der Waals surface area contributed by atoms with Crippen molar-refractivity contribution >= 4 is 17.6 Å². The molecule has 2 aliphatic rings. The molecule has 2 heterocycles. The third-order valence-electron chi connectivity index (χ3n) is 5.05. The maximum atomic E-state index is 13.0. The van der Waals surface area contributed by atoms with Crippen LogP contribution < -0.4 is 15.0 Å². The van der Waals surface area contributed by atoms with Crippen LogP contribution in [0.2, 0.25) is 0 Å². The molecule has 0 aliphatic carbocycles. The number of amides is 3. The smallest absolute Gasteiger partial charge is 0.321 e. The minimum absolute atomic E-state index is 0.0103. The summed E-state index contributed by atoms with van der Waals surface area (Å²) in [5.41, 5.74) is 3.77. The number of hydrogen-bond donors (Lipinski definition) is 1. The molecule has 1 fully saturated rings. The molecule has 0 radical (unpaired) electrons. The van der Waals surface area contributed by atoms with Crippen LogP contribution in [0.5, 0.6) is 5.75 Å². The summed E-state index contributed by atoms with van der Waals surface area (Å²) in [7, 11) is 0. The molecule has 1 saturated heterocycles. The zero-order valence-corrected chi connectivity index (χ0v) is 15.4. The predicted octanol–water partition coefficient (Wildman–Crippen LogP) is 2.81. The minimum Gasteiger partial charge on any atom is -0.494 e. The number of hydrogen-bond acceptors (Lipinski definition) is 3. The van der Waals surface area contributed by atoms with E-state index in [9.17, 15) is 9.59 Å². The van der Waals surface area contributed by atoms with Gasteiger partial charge in [0, 0.05) is 37.4 Å². The fraction of sp³-hybridized carbons (Fsp3) is 0.333. The molecule has 6 nitrogen and oxygen atoms in total. The molecular weight excluding hydrogens is 342 g/mol. The molecule has 6 heteroatoms. The van der Waals surface area contributed by atoms with Gasteiger partial charge >= 0.3 is 6.03 Å². The third-order valence-corrected chi connectivity index (χ3v) is 5.05. The lowest BCUT2D eigenvalue weighted by atomic mass is 9.98. The highest BCUT2D eigenvalue weighted by Gasteiger charge is 2.25. The highest BCUT2D eigenvalue weighted by Crippen LogP contribution is 2.26. The highest BCUT2D eigenvalue weighted by molar-refractivity contribution is 5.98. The normalized spacial score (nSPS) is 16.1. The Morgan fingerprint density at radius 2 is 2.04 bits per heavy atom. The van der Waals surface area contributed by atoms with Crippen molar-refractivity contribution in [1.29, 1.82) is 0 Å². The summed E-state index contributed by atoms with van der Waals surface area (Å²) in [5, 5.41) is 2.79. The average Bonchev–Trinajstić information content (AvgIpc) is 3.13. The molecular formula is C21H23N3O3. The fourth-order valence-corrected chi connectivity index (χ4v) is 3.67. The molecule has 0 bridgehead atoms. The van der Waals surface area contributed by atoms with Crippen LogP contribution in [0.1, 0.15) is 28.4 Å². The van der Waals surface area contributed by atoms with Gasteiger partial charge in [-0.15, -0.1) is 0 Å². The minimum atomic E-state index is -0.116. The summed E-state index contributed by atoms with van der Waals surface area (Å²) < 4.78 is 5.59. The lowest BCUT2D eigenvalue weighted by Crippen LogP contribution is -2.36. The van der Waals surface area contributed by atoms with Gasteiger partial charge in [-0.3, -0.25) is 9.69 Å². The Labute approximate surface area is 158 Å². The second-order valence-corrected chi connectivity index (χ2v) is 6.77. The summed E-state index contributed by atoms with van der Waals surface area (Å²) in [5.74, 6) is 0.830. The molecule has 0 atom stereocenters. The molecule has 2 aromatic carbocycles. The van der Waals surface area contributed by atoms with E-state index in [4.69, 9.17) is 4.74 Å². The lowest BCUT2D eigenvalue weighted by Gasteiger charge is -2.29. The second kappa shape index (κ2) is 7.31. The van der Waals surface area contributed by atoms with Gasteiger partial charge in [0.05, 0.1) is 6.61 Å². The van der Waals surface area contributed by atoms with E-state index in [0.29, 0.717) is 38.3 Å². The first-order valence-electron chi connectivity index (χ1n) is 9.35. The predicted molar refractivity (Wildman–Crippen MR) is 103 cm³/mol. The van der Waals surface area contributed by atoms with Crippen molar-refractivity contribution in [2.75, 3.05) is 31.1 Å². The van der Waals surface area contributed by atoms with Crippen LogP contribution in [0, 0.1) is 0 Å². The molecule has 2 aromatic rings. The highest BCUT2D eigenvalue weighted by atomic mass is 16.5. The van der Waals surface area contributed by atoms with E-state index in [0.717, 1.165) is 23.4 Å². The van der Waals surface area contributed by atoms with E-state index in [-0.39, 0.29) is 11.9 Å². The van der Waals surface area contributed by atoms with Crippen molar-refractivity contribution in [3.05, 3.63) is 59.2 Å². The van der Waals surface area contributed by atoms with E-state index < -0.39 is 0 Å². The standard InChI is InChI=1S/C21H23N3O3/c1-2-27-19-7-6-15-8-10-23(14-17(15)13-19)20(25)16-4-3-5-18(12-16)24-11-9-22-21(24)26/h3-7,12-13H,2,8-11,14H2,1H3,(H,22,26). The van der Waals surface area contributed by atoms with Gasteiger partial charge < -0.3 is 15.0 Å². The van der Waals surface area contributed by atoms with E-state index in [1.54, 1.807) is 11.0 Å². The Kier molecular flexibility index (Phi) is 4.71. The van der Waals surface area contributed by atoms with Gasteiger partial charge in [0.2, 0.25) is 0 Å². The van der Waals surface area contributed by atoms with Crippen molar-refractivity contribution in [1.82, 2.24) is 10.2 Å². The van der Waals surface area contributed by atoms with Crippen molar-refractivity contribution < 1.29 is 14.3 Å². The topological polar surface area (TPSA) is 61.9 Å². The van der Waals surface area contributed by atoms with Gasteiger partial charge in [0.25, 0.3) is 5.91 Å².